The highest BCUT2D eigenvalue weighted by molar-refractivity contribution is 5.70. The molecule has 0 spiro atoms. The standard InChI is InChI=1S/C20H25O2/c1-2-3-4-5-6-10-15-22-18-13-14-19(20(21)16-18)17-11-8-7-9-12-17/h8-9,11-14,16,21H,2-6,10,15H2,1H3. The quantitative estimate of drug-likeness (QED) is 0.610. The lowest BCUT2D eigenvalue weighted by molar-refractivity contribution is 0.303. The lowest BCUT2D eigenvalue weighted by Crippen LogP contribution is -1.97. The van der Waals surface area contributed by atoms with Gasteiger partial charge in [-0.15, -0.1) is 0 Å². The first-order chi connectivity index (χ1) is 10.8. The van der Waals surface area contributed by atoms with Gasteiger partial charge in [-0.2, -0.15) is 0 Å². The van der Waals surface area contributed by atoms with Gasteiger partial charge in [0.1, 0.15) is 11.5 Å². The van der Waals surface area contributed by atoms with Crippen LogP contribution in [0.15, 0.2) is 42.5 Å². The topological polar surface area (TPSA) is 29.5 Å². The van der Waals surface area contributed by atoms with Crippen LogP contribution in [0, 0.1) is 6.07 Å². The Kier molecular flexibility index (Phi) is 6.82. The van der Waals surface area contributed by atoms with E-state index in [-0.39, 0.29) is 5.75 Å². The minimum atomic E-state index is 0.256. The highest BCUT2D eigenvalue weighted by Gasteiger charge is 2.05. The predicted molar refractivity (Wildman–Crippen MR) is 91.2 cm³/mol. The minimum absolute atomic E-state index is 0.256. The van der Waals surface area contributed by atoms with Crippen molar-refractivity contribution in [2.24, 2.45) is 0 Å². The number of aromatic hydroxyl groups is 1. The van der Waals surface area contributed by atoms with Crippen molar-refractivity contribution >= 4 is 0 Å². The highest BCUT2D eigenvalue weighted by atomic mass is 16.5. The van der Waals surface area contributed by atoms with E-state index in [2.05, 4.69) is 13.0 Å². The van der Waals surface area contributed by atoms with E-state index in [0.717, 1.165) is 23.3 Å². The number of benzene rings is 2. The first-order valence-electron chi connectivity index (χ1n) is 8.23. The van der Waals surface area contributed by atoms with Gasteiger partial charge < -0.3 is 9.84 Å². The van der Waals surface area contributed by atoms with Gasteiger partial charge in [0.15, 0.2) is 0 Å². The van der Waals surface area contributed by atoms with Crippen molar-refractivity contribution < 1.29 is 9.84 Å². The second kappa shape index (κ2) is 9.14. The summed E-state index contributed by atoms with van der Waals surface area (Å²) < 4.78 is 5.72. The highest BCUT2D eigenvalue weighted by Crippen LogP contribution is 2.32. The fourth-order valence-electron chi connectivity index (χ4n) is 2.48. The molecular formula is C20H25O2. The van der Waals surface area contributed by atoms with Crippen LogP contribution in [0.4, 0.5) is 0 Å². The van der Waals surface area contributed by atoms with Gasteiger partial charge in [0.25, 0.3) is 0 Å². The van der Waals surface area contributed by atoms with Gasteiger partial charge in [0, 0.05) is 11.6 Å². The summed E-state index contributed by atoms with van der Waals surface area (Å²) in [5, 5.41) is 10.2. The Labute approximate surface area is 133 Å². The molecule has 0 saturated carbocycles. The number of hydrogen-bond acceptors (Lipinski definition) is 2. The molecule has 2 heteroatoms. The summed E-state index contributed by atoms with van der Waals surface area (Å²) in [6, 6.07) is 16.1. The van der Waals surface area contributed by atoms with Gasteiger partial charge in [0.05, 0.1) is 6.61 Å². The summed E-state index contributed by atoms with van der Waals surface area (Å²) in [4.78, 5) is 0. The van der Waals surface area contributed by atoms with Gasteiger partial charge in [-0.05, 0) is 30.2 Å². The van der Waals surface area contributed by atoms with Crippen molar-refractivity contribution in [3.63, 3.8) is 0 Å². The van der Waals surface area contributed by atoms with E-state index in [0.29, 0.717) is 6.61 Å². The van der Waals surface area contributed by atoms with E-state index in [4.69, 9.17) is 4.74 Å². The Morgan fingerprint density at radius 1 is 0.955 bits per heavy atom. The molecular weight excluding hydrogens is 272 g/mol. The van der Waals surface area contributed by atoms with Crippen molar-refractivity contribution in [2.75, 3.05) is 6.61 Å². The van der Waals surface area contributed by atoms with Crippen molar-refractivity contribution in [3.8, 4) is 22.6 Å². The van der Waals surface area contributed by atoms with E-state index < -0.39 is 0 Å². The normalized spacial score (nSPS) is 10.6. The zero-order chi connectivity index (χ0) is 15.6. The maximum Gasteiger partial charge on any atom is 0.127 e. The third-order valence-electron chi connectivity index (χ3n) is 3.77. The van der Waals surface area contributed by atoms with Crippen LogP contribution in [0.2, 0.25) is 0 Å². The predicted octanol–water partition coefficient (Wildman–Crippen LogP) is 5.60. The Balaban J connectivity index is 1.80. The summed E-state index contributed by atoms with van der Waals surface area (Å²) in [7, 11) is 0. The second-order valence-electron chi connectivity index (χ2n) is 5.58. The number of phenols is 1. The molecule has 2 nitrogen and oxygen atoms in total. The largest absolute Gasteiger partial charge is 0.507 e. The number of unbranched alkanes of at least 4 members (excludes halogenated alkanes) is 5. The van der Waals surface area contributed by atoms with Gasteiger partial charge >= 0.3 is 0 Å². The smallest absolute Gasteiger partial charge is 0.127 e. The van der Waals surface area contributed by atoms with Crippen LogP contribution in [0.25, 0.3) is 11.1 Å². The molecule has 2 aromatic rings. The van der Waals surface area contributed by atoms with Gasteiger partial charge in [-0.1, -0.05) is 63.3 Å². The average Bonchev–Trinajstić information content (AvgIpc) is 2.55. The van der Waals surface area contributed by atoms with Crippen LogP contribution in [0.3, 0.4) is 0 Å². The van der Waals surface area contributed by atoms with E-state index in [1.807, 2.05) is 36.4 Å². The number of ether oxygens (including phenoxy) is 1. The van der Waals surface area contributed by atoms with Gasteiger partial charge in [-0.3, -0.25) is 0 Å². The Morgan fingerprint density at radius 3 is 2.41 bits per heavy atom. The number of rotatable bonds is 9. The maximum atomic E-state index is 10.2. The first-order valence-corrected chi connectivity index (χ1v) is 8.23. The summed E-state index contributed by atoms with van der Waals surface area (Å²) in [6.07, 6.45) is 7.49. The number of hydrogen-bond donors (Lipinski definition) is 1. The average molecular weight is 297 g/mol. The molecule has 2 rings (SSSR count). The lowest BCUT2D eigenvalue weighted by Gasteiger charge is -2.09. The van der Waals surface area contributed by atoms with E-state index >= 15 is 0 Å². The van der Waals surface area contributed by atoms with E-state index in [9.17, 15) is 5.11 Å². The molecule has 0 unspecified atom stereocenters. The molecule has 0 bridgehead atoms. The van der Waals surface area contributed by atoms with Crippen molar-refractivity contribution in [1.29, 1.82) is 0 Å². The number of phenolic OH excluding ortho intramolecular Hbond substituents is 1. The molecule has 0 aromatic heterocycles. The molecule has 2 aromatic carbocycles. The molecule has 22 heavy (non-hydrogen) atoms. The molecule has 1 N–H and O–H groups in total. The minimum Gasteiger partial charge on any atom is -0.507 e. The monoisotopic (exact) mass is 297 g/mol. The van der Waals surface area contributed by atoms with E-state index in [1.54, 1.807) is 6.07 Å². The zero-order valence-electron chi connectivity index (χ0n) is 13.3. The fourth-order valence-corrected chi connectivity index (χ4v) is 2.48. The fraction of sp³-hybridized carbons (Fsp3) is 0.400. The van der Waals surface area contributed by atoms with Crippen LogP contribution in [0.5, 0.6) is 11.5 Å². The van der Waals surface area contributed by atoms with Crippen LogP contribution in [-0.2, 0) is 0 Å². The molecule has 0 aliphatic rings. The van der Waals surface area contributed by atoms with Crippen molar-refractivity contribution in [3.05, 3.63) is 48.5 Å². The third kappa shape index (κ3) is 5.10. The molecule has 0 aliphatic carbocycles. The summed E-state index contributed by atoms with van der Waals surface area (Å²) in [5.41, 5.74) is 1.81. The molecule has 0 fully saturated rings. The molecule has 0 atom stereocenters. The van der Waals surface area contributed by atoms with Gasteiger partial charge in [-0.25, -0.2) is 0 Å². The van der Waals surface area contributed by atoms with Crippen LogP contribution >= 0.6 is 0 Å². The Morgan fingerprint density at radius 2 is 1.68 bits per heavy atom. The molecule has 117 valence electrons. The molecule has 1 radical (unpaired) electrons. The molecule has 0 amide bonds. The van der Waals surface area contributed by atoms with Crippen LogP contribution in [0.1, 0.15) is 45.4 Å². The van der Waals surface area contributed by atoms with Crippen molar-refractivity contribution in [1.82, 2.24) is 0 Å². The van der Waals surface area contributed by atoms with Crippen LogP contribution < -0.4 is 4.74 Å². The summed E-state index contributed by atoms with van der Waals surface area (Å²) in [5.74, 6) is 0.990. The van der Waals surface area contributed by atoms with Gasteiger partial charge in [0.2, 0.25) is 0 Å². The van der Waals surface area contributed by atoms with Crippen molar-refractivity contribution in [2.45, 2.75) is 45.4 Å². The molecule has 0 heterocycles. The Hall–Kier alpha value is -1.96. The third-order valence-corrected chi connectivity index (χ3v) is 3.77. The second-order valence-corrected chi connectivity index (χ2v) is 5.58. The van der Waals surface area contributed by atoms with E-state index in [1.165, 1.54) is 32.1 Å². The molecule has 0 saturated heterocycles. The van der Waals surface area contributed by atoms with Crippen LogP contribution in [-0.4, -0.2) is 11.7 Å². The maximum absolute atomic E-state index is 10.2. The summed E-state index contributed by atoms with van der Waals surface area (Å²) in [6.45, 7) is 2.94. The lowest BCUT2D eigenvalue weighted by atomic mass is 10.0. The molecule has 0 aliphatic heterocycles. The Bertz CT molecular complexity index is 549. The zero-order valence-corrected chi connectivity index (χ0v) is 13.3. The summed E-state index contributed by atoms with van der Waals surface area (Å²) >= 11 is 0. The SMILES string of the molecule is CCCCCCCCOc1ccc(-c2cc[c]cc2)c(O)c1. The first kappa shape index (κ1) is 16.4.